The highest BCUT2D eigenvalue weighted by Crippen LogP contribution is 2.08. The van der Waals surface area contributed by atoms with E-state index < -0.39 is 0 Å². The Balaban J connectivity index is 1.53. The molecule has 3 aromatic rings. The number of aromatic nitrogens is 3. The number of fused-ring (bicyclic) bond motifs is 1. The Morgan fingerprint density at radius 2 is 2.24 bits per heavy atom. The molecule has 0 aliphatic rings. The monoisotopic (exact) mass is 284 g/mol. The van der Waals surface area contributed by atoms with Crippen molar-refractivity contribution in [1.29, 1.82) is 0 Å². The van der Waals surface area contributed by atoms with E-state index in [0.29, 0.717) is 17.9 Å². The first-order chi connectivity index (χ1) is 10.3. The van der Waals surface area contributed by atoms with Gasteiger partial charge in [0.05, 0.1) is 11.8 Å². The quantitative estimate of drug-likeness (QED) is 0.727. The highest BCUT2D eigenvalue weighted by Gasteiger charge is 2.10. The molecule has 0 saturated carbocycles. The molecule has 6 heteroatoms. The van der Waals surface area contributed by atoms with Crippen LogP contribution in [0.1, 0.15) is 28.4 Å². The average molecular weight is 284 g/mol. The Hall–Kier alpha value is -2.63. The van der Waals surface area contributed by atoms with Crippen LogP contribution in [0.5, 0.6) is 0 Å². The summed E-state index contributed by atoms with van der Waals surface area (Å²) >= 11 is 0. The lowest BCUT2D eigenvalue weighted by molar-refractivity contribution is 0.0951. The van der Waals surface area contributed by atoms with Gasteiger partial charge in [0.2, 0.25) is 0 Å². The van der Waals surface area contributed by atoms with Crippen LogP contribution in [0.15, 0.2) is 41.1 Å². The van der Waals surface area contributed by atoms with Gasteiger partial charge in [-0.15, -0.1) is 10.2 Å². The van der Waals surface area contributed by atoms with E-state index >= 15 is 0 Å². The number of pyridine rings is 1. The van der Waals surface area contributed by atoms with Crippen LogP contribution < -0.4 is 5.32 Å². The highest BCUT2D eigenvalue weighted by atomic mass is 16.3. The second-order valence-electron chi connectivity index (χ2n) is 4.79. The Morgan fingerprint density at radius 3 is 3.05 bits per heavy atom. The molecular formula is C15H16N4O2. The molecule has 0 aliphatic carbocycles. The number of hydrogen-bond acceptors (Lipinski definition) is 4. The van der Waals surface area contributed by atoms with Gasteiger partial charge in [-0.25, -0.2) is 0 Å². The van der Waals surface area contributed by atoms with Crippen molar-refractivity contribution < 1.29 is 9.21 Å². The number of hydrogen-bond donors (Lipinski definition) is 1. The molecule has 0 radical (unpaired) electrons. The number of carbonyl (C=O) groups is 1. The Morgan fingerprint density at radius 1 is 1.33 bits per heavy atom. The maximum Gasteiger partial charge on any atom is 0.254 e. The van der Waals surface area contributed by atoms with E-state index in [2.05, 4.69) is 15.5 Å². The first-order valence-electron chi connectivity index (χ1n) is 6.86. The topological polar surface area (TPSA) is 72.4 Å². The van der Waals surface area contributed by atoms with Crippen LogP contribution in [0.4, 0.5) is 0 Å². The molecule has 0 atom stereocenters. The third kappa shape index (κ3) is 2.79. The zero-order valence-electron chi connectivity index (χ0n) is 11.7. The predicted octanol–water partition coefficient (Wildman–Crippen LogP) is 1.99. The smallest absolute Gasteiger partial charge is 0.254 e. The maximum atomic E-state index is 11.9. The van der Waals surface area contributed by atoms with Crippen molar-refractivity contribution in [3.63, 3.8) is 0 Å². The molecule has 3 aromatic heterocycles. The first kappa shape index (κ1) is 13.4. The zero-order chi connectivity index (χ0) is 14.7. The summed E-state index contributed by atoms with van der Waals surface area (Å²) in [6, 6.07) is 7.47. The van der Waals surface area contributed by atoms with Gasteiger partial charge in [-0.3, -0.25) is 9.20 Å². The molecule has 0 fully saturated rings. The lowest BCUT2D eigenvalue weighted by Crippen LogP contribution is -2.25. The van der Waals surface area contributed by atoms with E-state index in [9.17, 15) is 4.79 Å². The summed E-state index contributed by atoms with van der Waals surface area (Å²) in [6.45, 7) is 2.36. The van der Waals surface area contributed by atoms with Crippen LogP contribution in [0.3, 0.4) is 0 Å². The number of aryl methyl sites for hydroxylation is 2. The molecule has 0 aliphatic heterocycles. The minimum Gasteiger partial charge on any atom is -0.469 e. The van der Waals surface area contributed by atoms with Crippen molar-refractivity contribution in [2.75, 3.05) is 6.54 Å². The fourth-order valence-corrected chi connectivity index (χ4v) is 2.23. The molecule has 21 heavy (non-hydrogen) atoms. The molecule has 1 amide bonds. The minimum absolute atomic E-state index is 0.104. The van der Waals surface area contributed by atoms with Crippen molar-refractivity contribution in [3.8, 4) is 0 Å². The van der Waals surface area contributed by atoms with Gasteiger partial charge in [0.15, 0.2) is 5.65 Å². The van der Waals surface area contributed by atoms with Crippen molar-refractivity contribution in [1.82, 2.24) is 19.9 Å². The lowest BCUT2D eigenvalue weighted by Gasteiger charge is -2.04. The largest absolute Gasteiger partial charge is 0.469 e. The van der Waals surface area contributed by atoms with Gasteiger partial charge in [0.1, 0.15) is 11.6 Å². The number of carbonyl (C=O) groups excluding carboxylic acids is 1. The van der Waals surface area contributed by atoms with Gasteiger partial charge in [-0.05, 0) is 31.5 Å². The van der Waals surface area contributed by atoms with Crippen molar-refractivity contribution in [3.05, 3.63) is 53.9 Å². The molecule has 1 N–H and O–H groups in total. The first-order valence-corrected chi connectivity index (χ1v) is 6.86. The van der Waals surface area contributed by atoms with E-state index in [1.807, 2.05) is 28.8 Å². The van der Waals surface area contributed by atoms with Crippen LogP contribution >= 0.6 is 0 Å². The van der Waals surface area contributed by atoms with Crippen molar-refractivity contribution in [2.24, 2.45) is 0 Å². The van der Waals surface area contributed by atoms with E-state index in [4.69, 9.17) is 4.42 Å². The van der Waals surface area contributed by atoms with Gasteiger partial charge in [0, 0.05) is 19.2 Å². The van der Waals surface area contributed by atoms with E-state index in [1.54, 1.807) is 13.0 Å². The molecule has 0 unspecified atom stereocenters. The van der Waals surface area contributed by atoms with E-state index in [-0.39, 0.29) is 5.91 Å². The molecule has 3 rings (SSSR count). The zero-order valence-corrected chi connectivity index (χ0v) is 11.7. The fourth-order valence-electron chi connectivity index (χ4n) is 2.23. The van der Waals surface area contributed by atoms with Gasteiger partial charge < -0.3 is 9.73 Å². The Bertz CT molecular complexity index is 760. The van der Waals surface area contributed by atoms with Crippen molar-refractivity contribution in [2.45, 2.75) is 19.8 Å². The van der Waals surface area contributed by atoms with E-state index in [1.165, 1.54) is 6.26 Å². The molecule has 0 spiro atoms. The maximum absolute atomic E-state index is 11.9. The number of nitrogens with zero attached hydrogens (tertiary/aromatic N) is 3. The van der Waals surface area contributed by atoms with Crippen LogP contribution in [-0.2, 0) is 6.42 Å². The van der Waals surface area contributed by atoms with Crippen molar-refractivity contribution >= 4 is 11.6 Å². The van der Waals surface area contributed by atoms with Gasteiger partial charge in [0.25, 0.3) is 5.91 Å². The Labute approximate surface area is 121 Å². The molecule has 0 aromatic carbocycles. The number of amides is 1. The second-order valence-corrected chi connectivity index (χ2v) is 4.79. The van der Waals surface area contributed by atoms with Crippen LogP contribution in [-0.4, -0.2) is 27.0 Å². The molecule has 108 valence electrons. The average Bonchev–Trinajstić information content (AvgIpc) is 3.10. The van der Waals surface area contributed by atoms with Crippen LogP contribution in [0.2, 0.25) is 0 Å². The third-order valence-corrected chi connectivity index (χ3v) is 3.35. The normalized spacial score (nSPS) is 10.9. The standard InChI is InChI=1S/C15H16N4O2/c1-11-12(7-10-21-11)15(20)16-8-4-6-14-18-17-13-5-2-3-9-19(13)14/h2-3,5,7,9-10H,4,6,8H2,1H3,(H,16,20). The van der Waals surface area contributed by atoms with E-state index in [0.717, 1.165) is 24.3 Å². The third-order valence-electron chi connectivity index (χ3n) is 3.35. The summed E-state index contributed by atoms with van der Waals surface area (Å²) in [4.78, 5) is 11.9. The minimum atomic E-state index is -0.104. The summed E-state index contributed by atoms with van der Waals surface area (Å²) in [7, 11) is 0. The van der Waals surface area contributed by atoms with Gasteiger partial charge in [-0.1, -0.05) is 6.07 Å². The summed E-state index contributed by atoms with van der Waals surface area (Å²) in [5, 5.41) is 11.1. The molecule has 0 bridgehead atoms. The Kier molecular flexibility index (Phi) is 3.68. The van der Waals surface area contributed by atoms with Gasteiger partial charge >= 0.3 is 0 Å². The van der Waals surface area contributed by atoms with Gasteiger partial charge in [-0.2, -0.15) is 0 Å². The molecule has 6 nitrogen and oxygen atoms in total. The number of furan rings is 1. The number of nitrogens with one attached hydrogen (secondary N) is 1. The summed E-state index contributed by atoms with van der Waals surface area (Å²) in [6.07, 6.45) is 5.03. The van der Waals surface area contributed by atoms with Crippen LogP contribution in [0, 0.1) is 6.92 Å². The number of rotatable bonds is 5. The lowest BCUT2D eigenvalue weighted by atomic mass is 10.2. The molecular weight excluding hydrogens is 268 g/mol. The highest BCUT2D eigenvalue weighted by molar-refractivity contribution is 5.94. The summed E-state index contributed by atoms with van der Waals surface area (Å²) in [5.41, 5.74) is 1.42. The van der Waals surface area contributed by atoms with Crippen LogP contribution in [0.25, 0.3) is 5.65 Å². The second kappa shape index (κ2) is 5.78. The fraction of sp³-hybridized carbons (Fsp3) is 0.267. The predicted molar refractivity (Wildman–Crippen MR) is 77.1 cm³/mol. The molecule has 0 saturated heterocycles. The summed E-state index contributed by atoms with van der Waals surface area (Å²) < 4.78 is 7.08. The summed E-state index contributed by atoms with van der Waals surface area (Å²) in [5.74, 6) is 1.43. The SMILES string of the molecule is Cc1occc1C(=O)NCCCc1nnc2ccccn12. The molecule has 3 heterocycles.